The Balaban J connectivity index is 1.72. The summed E-state index contributed by atoms with van der Waals surface area (Å²) in [6.07, 6.45) is 1.58. The van der Waals surface area contributed by atoms with E-state index in [1.165, 1.54) is 47.5 Å². The molecule has 1 heterocycles. The summed E-state index contributed by atoms with van der Waals surface area (Å²) in [5.74, 6) is -1.15. The molecule has 1 unspecified atom stereocenters. The third-order valence-corrected chi connectivity index (χ3v) is 5.82. The Labute approximate surface area is 184 Å². The summed E-state index contributed by atoms with van der Waals surface area (Å²) in [6, 6.07) is 12.5. The molecule has 3 rings (SSSR count). The molecular weight excluding hydrogens is 417 g/mol. The molecule has 1 aromatic heterocycles. The highest BCUT2D eigenvalue weighted by Crippen LogP contribution is 2.24. The van der Waals surface area contributed by atoms with Crippen molar-refractivity contribution >= 4 is 23.6 Å². The Hall–Kier alpha value is -3.20. The van der Waals surface area contributed by atoms with Crippen LogP contribution in [0.2, 0.25) is 0 Å². The maximum absolute atomic E-state index is 13.6. The normalized spacial score (nSPS) is 12.0. The minimum atomic E-state index is -1.06. The van der Waals surface area contributed by atoms with Crippen LogP contribution in [0.15, 0.2) is 60.0 Å². The number of hydrogen-bond acceptors (Lipinski definition) is 5. The van der Waals surface area contributed by atoms with Crippen LogP contribution in [0.3, 0.4) is 0 Å². The first kappa shape index (κ1) is 22.5. The van der Waals surface area contributed by atoms with Crippen molar-refractivity contribution in [1.82, 2.24) is 19.7 Å². The number of primary amides is 1. The summed E-state index contributed by atoms with van der Waals surface area (Å²) in [5.41, 5.74) is 7.92. The third kappa shape index (κ3) is 5.29. The highest BCUT2D eigenvalue weighted by Gasteiger charge is 2.27. The molecule has 0 aliphatic carbocycles. The molecule has 0 saturated heterocycles. The van der Waals surface area contributed by atoms with Crippen molar-refractivity contribution in [2.45, 2.75) is 31.0 Å². The molecule has 31 heavy (non-hydrogen) atoms. The molecule has 2 N–H and O–H groups in total. The second-order valence-corrected chi connectivity index (χ2v) is 8.33. The molecule has 9 heteroatoms. The lowest BCUT2D eigenvalue weighted by molar-refractivity contribution is -0.136. The maximum Gasteiger partial charge on any atom is 0.244 e. The number of amides is 2. The molecule has 162 valence electrons. The van der Waals surface area contributed by atoms with Crippen molar-refractivity contribution in [3.63, 3.8) is 0 Å². The Morgan fingerprint density at radius 3 is 2.48 bits per heavy atom. The molecule has 0 fully saturated rings. The van der Waals surface area contributed by atoms with Gasteiger partial charge in [-0.15, -0.1) is 10.2 Å². The number of likely N-dealkylation sites (N-methyl/N-ethyl adjacent to an activating group) is 1. The van der Waals surface area contributed by atoms with Crippen molar-refractivity contribution < 1.29 is 14.0 Å². The number of halogens is 1. The van der Waals surface area contributed by atoms with Crippen molar-refractivity contribution in [3.8, 4) is 5.69 Å². The topological polar surface area (TPSA) is 94.1 Å². The maximum atomic E-state index is 13.6. The van der Waals surface area contributed by atoms with E-state index in [2.05, 4.69) is 24.0 Å². The van der Waals surface area contributed by atoms with E-state index in [9.17, 15) is 14.0 Å². The summed E-state index contributed by atoms with van der Waals surface area (Å²) >= 11 is 1.19. The third-order valence-electron chi connectivity index (χ3n) is 4.89. The van der Waals surface area contributed by atoms with Crippen molar-refractivity contribution in [2.75, 3.05) is 12.8 Å². The zero-order valence-corrected chi connectivity index (χ0v) is 18.3. The highest BCUT2D eigenvalue weighted by atomic mass is 32.2. The molecule has 7 nitrogen and oxygen atoms in total. The van der Waals surface area contributed by atoms with Gasteiger partial charge in [-0.25, -0.2) is 4.39 Å². The molecule has 3 aromatic rings. The van der Waals surface area contributed by atoms with Crippen molar-refractivity contribution in [1.29, 1.82) is 0 Å². The van der Waals surface area contributed by atoms with E-state index in [1.807, 2.05) is 24.3 Å². The van der Waals surface area contributed by atoms with Crippen molar-refractivity contribution in [3.05, 3.63) is 71.8 Å². The predicted molar refractivity (Wildman–Crippen MR) is 117 cm³/mol. The van der Waals surface area contributed by atoms with Crippen LogP contribution in [0.4, 0.5) is 4.39 Å². The van der Waals surface area contributed by atoms with Crippen LogP contribution >= 0.6 is 11.8 Å². The second-order valence-electron chi connectivity index (χ2n) is 7.38. The van der Waals surface area contributed by atoms with Gasteiger partial charge < -0.3 is 10.6 Å². The number of aromatic nitrogens is 3. The molecule has 0 saturated carbocycles. The summed E-state index contributed by atoms with van der Waals surface area (Å²) in [7, 11) is 1.47. The minimum Gasteiger partial charge on any atom is -0.368 e. The van der Waals surface area contributed by atoms with Gasteiger partial charge in [0.25, 0.3) is 0 Å². The second kappa shape index (κ2) is 9.74. The van der Waals surface area contributed by atoms with Gasteiger partial charge in [0, 0.05) is 12.7 Å². The van der Waals surface area contributed by atoms with Crippen LogP contribution in [-0.4, -0.2) is 44.3 Å². The van der Waals surface area contributed by atoms with E-state index in [0.717, 1.165) is 5.69 Å². The first-order chi connectivity index (χ1) is 14.8. The molecular formula is C22H24FN5O2S. The van der Waals surface area contributed by atoms with Crippen LogP contribution in [0, 0.1) is 5.82 Å². The molecule has 2 aromatic carbocycles. The van der Waals surface area contributed by atoms with Gasteiger partial charge in [-0.2, -0.15) is 0 Å². The number of carbonyl (C=O) groups is 2. The van der Waals surface area contributed by atoms with Gasteiger partial charge in [-0.3, -0.25) is 14.2 Å². The fourth-order valence-electron chi connectivity index (χ4n) is 3.15. The van der Waals surface area contributed by atoms with Crippen LogP contribution < -0.4 is 5.73 Å². The highest BCUT2D eigenvalue weighted by molar-refractivity contribution is 7.99. The molecule has 2 amide bonds. The molecule has 0 aliphatic rings. The van der Waals surface area contributed by atoms with E-state index < -0.39 is 17.8 Å². The average molecular weight is 442 g/mol. The van der Waals surface area contributed by atoms with Crippen LogP contribution in [-0.2, 0) is 9.59 Å². The number of hydrogen-bond donors (Lipinski definition) is 1. The molecule has 0 radical (unpaired) electrons. The quantitative estimate of drug-likeness (QED) is 0.541. The Kier molecular flexibility index (Phi) is 7.06. The zero-order valence-electron chi connectivity index (χ0n) is 17.5. The van der Waals surface area contributed by atoms with Crippen molar-refractivity contribution in [2.24, 2.45) is 5.73 Å². The molecule has 0 spiro atoms. The lowest BCUT2D eigenvalue weighted by atomic mass is 10.0. The molecule has 0 aliphatic heterocycles. The van der Waals surface area contributed by atoms with Gasteiger partial charge in [0.1, 0.15) is 18.2 Å². The van der Waals surface area contributed by atoms with Gasteiger partial charge in [-0.1, -0.05) is 49.9 Å². The van der Waals surface area contributed by atoms with Gasteiger partial charge in [0.15, 0.2) is 5.16 Å². The first-order valence-electron chi connectivity index (χ1n) is 9.71. The Morgan fingerprint density at radius 1 is 1.16 bits per heavy atom. The smallest absolute Gasteiger partial charge is 0.244 e. The Morgan fingerprint density at radius 2 is 1.87 bits per heavy atom. The number of benzene rings is 2. The lowest BCUT2D eigenvalue weighted by Gasteiger charge is -2.26. The van der Waals surface area contributed by atoms with Gasteiger partial charge >= 0.3 is 0 Å². The van der Waals surface area contributed by atoms with E-state index >= 15 is 0 Å². The summed E-state index contributed by atoms with van der Waals surface area (Å²) in [5, 5.41) is 8.59. The Bertz CT molecular complexity index is 1070. The van der Waals surface area contributed by atoms with E-state index in [0.29, 0.717) is 16.6 Å². The number of nitrogens with two attached hydrogens (primary N) is 1. The fraction of sp³-hybridized carbons (Fsp3) is 0.273. The van der Waals surface area contributed by atoms with Gasteiger partial charge in [0.05, 0.1) is 5.75 Å². The molecule has 1 atom stereocenters. The van der Waals surface area contributed by atoms with Gasteiger partial charge in [0.2, 0.25) is 11.8 Å². The van der Waals surface area contributed by atoms with E-state index in [4.69, 9.17) is 5.73 Å². The van der Waals surface area contributed by atoms with Gasteiger partial charge in [-0.05, 0) is 41.3 Å². The number of carbonyl (C=O) groups excluding carboxylic acids is 2. The number of nitrogens with zero attached hydrogens (tertiary/aromatic N) is 4. The summed E-state index contributed by atoms with van der Waals surface area (Å²) in [4.78, 5) is 26.0. The van der Waals surface area contributed by atoms with Crippen LogP contribution in [0.5, 0.6) is 0 Å². The van der Waals surface area contributed by atoms with E-state index in [-0.39, 0.29) is 11.7 Å². The van der Waals surface area contributed by atoms with E-state index in [1.54, 1.807) is 17.0 Å². The number of thioether (sulfide) groups is 1. The van der Waals surface area contributed by atoms with Crippen LogP contribution in [0.1, 0.15) is 36.9 Å². The fourth-order valence-corrected chi connectivity index (χ4v) is 4.00. The average Bonchev–Trinajstić information content (AvgIpc) is 3.20. The standard InChI is InChI=1S/C22H24FN5O2S/c1-14(2)15-7-9-18(10-8-15)28-13-25-26-22(28)31-12-19(29)27(3)20(21(24)30)16-5-4-6-17(23)11-16/h4-11,13-14,20H,12H2,1-3H3,(H2,24,30). The SMILES string of the molecule is CC(C)c1ccc(-n2cnnc2SCC(=O)N(C)C(C(N)=O)c2cccc(F)c2)cc1. The molecule has 0 bridgehead atoms. The minimum absolute atomic E-state index is 0.0123. The summed E-state index contributed by atoms with van der Waals surface area (Å²) < 4.78 is 15.4. The monoisotopic (exact) mass is 441 g/mol. The van der Waals surface area contributed by atoms with Crippen LogP contribution in [0.25, 0.3) is 5.69 Å². The number of rotatable bonds is 8. The predicted octanol–water partition coefficient (Wildman–Crippen LogP) is 3.31. The largest absolute Gasteiger partial charge is 0.368 e. The zero-order chi connectivity index (χ0) is 22.5. The lowest BCUT2D eigenvalue weighted by Crippen LogP contribution is -2.40. The summed E-state index contributed by atoms with van der Waals surface area (Å²) in [6.45, 7) is 4.25. The first-order valence-corrected chi connectivity index (χ1v) is 10.7.